The van der Waals surface area contributed by atoms with E-state index < -0.39 is 0 Å². The van der Waals surface area contributed by atoms with E-state index in [0.29, 0.717) is 18.9 Å². The van der Waals surface area contributed by atoms with Crippen LogP contribution in [0.25, 0.3) is 0 Å². The summed E-state index contributed by atoms with van der Waals surface area (Å²) in [6, 6.07) is 6.98. The first kappa shape index (κ1) is 12.8. The van der Waals surface area contributed by atoms with E-state index in [-0.39, 0.29) is 0 Å². The first-order valence-corrected chi connectivity index (χ1v) is 7.20. The van der Waals surface area contributed by atoms with Crippen molar-refractivity contribution in [1.29, 1.82) is 0 Å². The van der Waals surface area contributed by atoms with Crippen LogP contribution in [-0.4, -0.2) is 25.4 Å². The predicted octanol–water partition coefficient (Wildman–Crippen LogP) is 1.82. The Labute approximate surface area is 114 Å². The average molecular weight is 262 g/mol. The van der Waals surface area contributed by atoms with Crippen molar-refractivity contribution < 1.29 is 9.47 Å². The van der Waals surface area contributed by atoms with Gasteiger partial charge in [-0.3, -0.25) is 0 Å². The van der Waals surface area contributed by atoms with Crippen LogP contribution in [0.1, 0.15) is 31.2 Å². The molecule has 1 aliphatic heterocycles. The van der Waals surface area contributed by atoms with Gasteiger partial charge in [0.05, 0.1) is 0 Å². The second-order valence-corrected chi connectivity index (χ2v) is 5.45. The van der Waals surface area contributed by atoms with E-state index in [1.54, 1.807) is 0 Å². The lowest BCUT2D eigenvalue weighted by atomic mass is 9.91. The van der Waals surface area contributed by atoms with Crippen LogP contribution in [0, 0.1) is 0 Å². The second kappa shape index (κ2) is 5.80. The molecule has 1 aromatic rings. The average Bonchev–Trinajstić information content (AvgIpc) is 2.88. The van der Waals surface area contributed by atoms with Crippen LogP contribution in [0.15, 0.2) is 18.2 Å². The third-order valence-corrected chi connectivity index (χ3v) is 4.08. The van der Waals surface area contributed by atoms with Crippen molar-refractivity contribution in [2.75, 3.05) is 13.3 Å². The van der Waals surface area contributed by atoms with Gasteiger partial charge in [-0.05, 0) is 43.5 Å². The standard InChI is InChI=1S/C15H22N2O2/c16-12-3-1-2-4-13(12)17-8-7-11-5-6-14-15(9-11)19-10-18-14/h5-6,9,12-13,17H,1-4,7-8,10,16H2. The number of fused-ring (bicyclic) bond motifs is 1. The maximum absolute atomic E-state index is 6.13. The summed E-state index contributed by atoms with van der Waals surface area (Å²) in [5, 5.41) is 3.59. The number of hydrogen-bond donors (Lipinski definition) is 2. The third-order valence-electron chi connectivity index (χ3n) is 4.08. The van der Waals surface area contributed by atoms with Crippen LogP contribution in [0.2, 0.25) is 0 Å². The van der Waals surface area contributed by atoms with E-state index in [0.717, 1.165) is 30.9 Å². The summed E-state index contributed by atoms with van der Waals surface area (Å²) in [6.07, 6.45) is 5.95. The van der Waals surface area contributed by atoms with Gasteiger partial charge >= 0.3 is 0 Å². The van der Waals surface area contributed by atoms with Crippen LogP contribution < -0.4 is 20.5 Å². The van der Waals surface area contributed by atoms with Crippen molar-refractivity contribution in [3.63, 3.8) is 0 Å². The molecule has 3 N–H and O–H groups in total. The minimum Gasteiger partial charge on any atom is -0.454 e. The minimum atomic E-state index is 0.325. The Morgan fingerprint density at radius 3 is 2.89 bits per heavy atom. The fourth-order valence-corrected chi connectivity index (χ4v) is 2.91. The van der Waals surface area contributed by atoms with Gasteiger partial charge in [0.15, 0.2) is 11.5 Å². The molecule has 104 valence electrons. The molecule has 0 radical (unpaired) electrons. The molecule has 0 spiro atoms. The fourth-order valence-electron chi connectivity index (χ4n) is 2.91. The zero-order valence-electron chi connectivity index (χ0n) is 11.2. The van der Waals surface area contributed by atoms with E-state index in [1.807, 2.05) is 6.07 Å². The number of nitrogens with one attached hydrogen (secondary N) is 1. The van der Waals surface area contributed by atoms with Crippen molar-refractivity contribution >= 4 is 0 Å². The topological polar surface area (TPSA) is 56.5 Å². The lowest BCUT2D eigenvalue weighted by Gasteiger charge is -2.29. The molecule has 1 heterocycles. The smallest absolute Gasteiger partial charge is 0.231 e. The van der Waals surface area contributed by atoms with Gasteiger partial charge in [-0.15, -0.1) is 0 Å². The zero-order valence-corrected chi connectivity index (χ0v) is 11.2. The summed E-state index contributed by atoms with van der Waals surface area (Å²) < 4.78 is 10.7. The van der Waals surface area contributed by atoms with Crippen molar-refractivity contribution in [1.82, 2.24) is 5.32 Å². The molecular formula is C15H22N2O2. The second-order valence-electron chi connectivity index (χ2n) is 5.45. The van der Waals surface area contributed by atoms with Crippen LogP contribution in [0.3, 0.4) is 0 Å². The number of hydrogen-bond acceptors (Lipinski definition) is 4. The van der Waals surface area contributed by atoms with E-state index in [1.165, 1.54) is 24.8 Å². The van der Waals surface area contributed by atoms with Crippen LogP contribution in [-0.2, 0) is 6.42 Å². The predicted molar refractivity (Wildman–Crippen MR) is 74.5 cm³/mol. The van der Waals surface area contributed by atoms with Crippen LogP contribution in [0.5, 0.6) is 11.5 Å². The number of ether oxygens (including phenoxy) is 2. The molecule has 1 saturated carbocycles. The minimum absolute atomic E-state index is 0.325. The highest BCUT2D eigenvalue weighted by Gasteiger charge is 2.20. The molecule has 0 saturated heterocycles. The van der Waals surface area contributed by atoms with Crippen molar-refractivity contribution in [2.24, 2.45) is 5.73 Å². The Hall–Kier alpha value is -1.26. The summed E-state index contributed by atoms with van der Waals surface area (Å²) in [6.45, 7) is 1.31. The normalized spacial score (nSPS) is 25.5. The van der Waals surface area contributed by atoms with E-state index in [2.05, 4.69) is 17.4 Å². The summed E-state index contributed by atoms with van der Waals surface area (Å²) in [5.41, 5.74) is 7.41. The molecule has 1 fully saturated rings. The highest BCUT2D eigenvalue weighted by molar-refractivity contribution is 5.44. The molecule has 2 aliphatic rings. The lowest BCUT2D eigenvalue weighted by Crippen LogP contribution is -2.47. The molecule has 1 aliphatic carbocycles. The van der Waals surface area contributed by atoms with Crippen molar-refractivity contribution in [2.45, 2.75) is 44.2 Å². The van der Waals surface area contributed by atoms with Crippen molar-refractivity contribution in [3.8, 4) is 11.5 Å². The molecule has 0 aromatic heterocycles. The lowest BCUT2D eigenvalue weighted by molar-refractivity contribution is 0.174. The quantitative estimate of drug-likeness (QED) is 0.869. The maximum atomic E-state index is 6.13. The molecule has 19 heavy (non-hydrogen) atoms. The van der Waals surface area contributed by atoms with Gasteiger partial charge in [0.2, 0.25) is 6.79 Å². The molecule has 1 aromatic carbocycles. The molecule has 4 heteroatoms. The van der Waals surface area contributed by atoms with Gasteiger partial charge in [-0.1, -0.05) is 18.9 Å². The molecule has 3 rings (SSSR count). The Bertz CT molecular complexity index is 436. The number of rotatable bonds is 4. The first-order chi connectivity index (χ1) is 9.33. The molecule has 0 bridgehead atoms. The molecular weight excluding hydrogens is 240 g/mol. The SMILES string of the molecule is NC1CCCCC1NCCc1ccc2c(c1)OCO2. The number of benzene rings is 1. The summed E-state index contributed by atoms with van der Waals surface area (Å²) in [5.74, 6) is 1.72. The van der Waals surface area contributed by atoms with Crippen LogP contribution in [0.4, 0.5) is 0 Å². The van der Waals surface area contributed by atoms with Gasteiger partial charge in [0, 0.05) is 12.1 Å². The Morgan fingerprint density at radius 2 is 2.00 bits per heavy atom. The first-order valence-electron chi connectivity index (χ1n) is 7.20. The van der Waals surface area contributed by atoms with Crippen LogP contribution >= 0.6 is 0 Å². The Balaban J connectivity index is 1.49. The maximum Gasteiger partial charge on any atom is 0.231 e. The number of nitrogens with two attached hydrogens (primary N) is 1. The molecule has 4 nitrogen and oxygen atoms in total. The summed E-state index contributed by atoms with van der Waals surface area (Å²) >= 11 is 0. The zero-order chi connectivity index (χ0) is 13.1. The highest BCUT2D eigenvalue weighted by Crippen LogP contribution is 2.32. The van der Waals surface area contributed by atoms with Gasteiger partial charge in [0.25, 0.3) is 0 Å². The fraction of sp³-hybridized carbons (Fsp3) is 0.600. The molecule has 0 amide bonds. The van der Waals surface area contributed by atoms with Gasteiger partial charge < -0.3 is 20.5 Å². The van der Waals surface area contributed by atoms with Crippen molar-refractivity contribution in [3.05, 3.63) is 23.8 Å². The molecule has 2 unspecified atom stereocenters. The van der Waals surface area contributed by atoms with E-state index in [9.17, 15) is 0 Å². The molecule has 2 atom stereocenters. The highest BCUT2D eigenvalue weighted by atomic mass is 16.7. The van der Waals surface area contributed by atoms with E-state index >= 15 is 0 Å². The largest absolute Gasteiger partial charge is 0.454 e. The summed E-state index contributed by atoms with van der Waals surface area (Å²) in [4.78, 5) is 0. The Kier molecular flexibility index (Phi) is 3.89. The third kappa shape index (κ3) is 3.01. The van der Waals surface area contributed by atoms with Gasteiger partial charge in [-0.2, -0.15) is 0 Å². The monoisotopic (exact) mass is 262 g/mol. The van der Waals surface area contributed by atoms with Gasteiger partial charge in [0.1, 0.15) is 0 Å². The Morgan fingerprint density at radius 1 is 1.16 bits per heavy atom. The van der Waals surface area contributed by atoms with E-state index in [4.69, 9.17) is 15.2 Å². The van der Waals surface area contributed by atoms with Gasteiger partial charge in [-0.25, -0.2) is 0 Å². The summed E-state index contributed by atoms with van der Waals surface area (Å²) in [7, 11) is 0.